The molecule has 0 radical (unpaired) electrons. The summed E-state index contributed by atoms with van der Waals surface area (Å²) in [5.41, 5.74) is -2.69. The summed E-state index contributed by atoms with van der Waals surface area (Å²) in [6.45, 7) is -0.308. The molecule has 0 saturated carbocycles. The van der Waals surface area contributed by atoms with Crippen molar-refractivity contribution >= 4 is 22.7 Å². The van der Waals surface area contributed by atoms with Crippen LogP contribution in [0, 0.1) is 0 Å². The second-order valence-corrected chi connectivity index (χ2v) is 5.72. The maximum absolute atomic E-state index is 13.0. The summed E-state index contributed by atoms with van der Waals surface area (Å²) < 4.78 is 43.9. The van der Waals surface area contributed by atoms with E-state index in [1.165, 1.54) is 7.11 Å². The van der Waals surface area contributed by atoms with E-state index >= 15 is 0 Å². The molecule has 6 nitrogen and oxygen atoms in total. The highest BCUT2D eigenvalue weighted by Crippen LogP contribution is 2.35. The zero-order chi connectivity index (χ0) is 17.2. The summed E-state index contributed by atoms with van der Waals surface area (Å²) in [7, 11) is 1.36. The molecule has 1 heterocycles. The van der Waals surface area contributed by atoms with Gasteiger partial charge in [-0.1, -0.05) is 0 Å². The second-order valence-electron chi connectivity index (χ2n) is 4.65. The number of nitrogens with one attached hydrogen (secondary N) is 2. The molecule has 23 heavy (non-hydrogen) atoms. The first kappa shape index (κ1) is 17.6. The van der Waals surface area contributed by atoms with Gasteiger partial charge in [0, 0.05) is 17.8 Å². The van der Waals surface area contributed by atoms with Crippen LogP contribution < -0.4 is 11.2 Å². The Bertz CT molecular complexity index is 811. The molecule has 2 aromatic rings. The number of hydrogen-bond donors (Lipinski definition) is 3. The largest absolute Gasteiger partial charge is 0.416 e. The third-order valence-corrected chi connectivity index (χ3v) is 4.27. The van der Waals surface area contributed by atoms with Crippen molar-refractivity contribution in [3.63, 3.8) is 0 Å². The fourth-order valence-electron chi connectivity index (χ4n) is 1.89. The van der Waals surface area contributed by atoms with E-state index in [9.17, 15) is 22.8 Å². The van der Waals surface area contributed by atoms with Crippen LogP contribution in [0.5, 0.6) is 0 Å². The maximum atomic E-state index is 13.0. The molecule has 0 aliphatic carbocycles. The van der Waals surface area contributed by atoms with Gasteiger partial charge in [-0.25, -0.2) is 4.79 Å². The molecule has 3 N–H and O–H groups in total. The van der Waals surface area contributed by atoms with Gasteiger partial charge in [0.15, 0.2) is 0 Å². The van der Waals surface area contributed by atoms with Crippen molar-refractivity contribution in [1.82, 2.24) is 9.97 Å². The standard InChI is InChI=1S/C13H13F3N2O4S/c1-22-7(4-19)5-23-9-3-6(13(14,15)16)2-8-10(9)17-12(21)18-11(8)20/h2-3,7,19H,4-5H2,1H3,(H2,17,18,20,21). The molecule has 2 rings (SSSR count). The Morgan fingerprint density at radius 3 is 2.57 bits per heavy atom. The predicted molar refractivity (Wildman–Crippen MR) is 78.8 cm³/mol. The maximum Gasteiger partial charge on any atom is 0.416 e. The average molecular weight is 350 g/mol. The van der Waals surface area contributed by atoms with Gasteiger partial charge in [0.25, 0.3) is 5.56 Å². The molecular formula is C13H13F3N2O4S. The van der Waals surface area contributed by atoms with Crippen molar-refractivity contribution in [1.29, 1.82) is 0 Å². The lowest BCUT2D eigenvalue weighted by Gasteiger charge is -2.14. The summed E-state index contributed by atoms with van der Waals surface area (Å²) in [5, 5.41) is 8.79. The van der Waals surface area contributed by atoms with Gasteiger partial charge in [-0.05, 0) is 12.1 Å². The molecule has 0 aliphatic heterocycles. The Hall–Kier alpha value is -1.78. The Balaban J connectivity index is 2.60. The molecule has 0 amide bonds. The van der Waals surface area contributed by atoms with E-state index in [0.717, 1.165) is 17.8 Å². The number of aliphatic hydroxyl groups is 1. The molecule has 10 heteroatoms. The minimum atomic E-state index is -4.64. The van der Waals surface area contributed by atoms with Gasteiger partial charge in [0.2, 0.25) is 0 Å². The van der Waals surface area contributed by atoms with Gasteiger partial charge in [-0.15, -0.1) is 11.8 Å². The Kier molecular flexibility index (Phi) is 5.17. The van der Waals surface area contributed by atoms with E-state index in [4.69, 9.17) is 9.84 Å². The Morgan fingerprint density at radius 1 is 1.30 bits per heavy atom. The number of H-pyrrole nitrogens is 2. The zero-order valence-electron chi connectivity index (χ0n) is 11.9. The van der Waals surface area contributed by atoms with Crippen LogP contribution in [0.15, 0.2) is 26.6 Å². The van der Waals surface area contributed by atoms with Crippen LogP contribution in [-0.2, 0) is 10.9 Å². The number of thioether (sulfide) groups is 1. The fraction of sp³-hybridized carbons (Fsp3) is 0.385. The Morgan fingerprint density at radius 2 is 2.00 bits per heavy atom. The summed E-state index contributed by atoms with van der Waals surface area (Å²) in [5.74, 6) is 0.151. The lowest BCUT2D eigenvalue weighted by atomic mass is 10.1. The first-order chi connectivity index (χ1) is 10.8. The minimum Gasteiger partial charge on any atom is -0.394 e. The summed E-state index contributed by atoms with van der Waals surface area (Å²) in [6, 6.07) is 1.54. The van der Waals surface area contributed by atoms with E-state index in [1.54, 1.807) is 0 Å². The van der Waals surface area contributed by atoms with Crippen molar-refractivity contribution in [2.45, 2.75) is 17.2 Å². The number of aromatic amines is 2. The predicted octanol–water partition coefficient (Wildman–Crippen LogP) is 1.33. The molecule has 0 aliphatic rings. The van der Waals surface area contributed by atoms with Crippen LogP contribution in [0.2, 0.25) is 0 Å². The number of rotatable bonds is 5. The van der Waals surface area contributed by atoms with Crippen molar-refractivity contribution in [2.24, 2.45) is 0 Å². The van der Waals surface area contributed by atoms with Crippen LogP contribution in [0.3, 0.4) is 0 Å². The molecule has 1 aromatic carbocycles. The van der Waals surface area contributed by atoms with E-state index in [0.29, 0.717) is 6.07 Å². The number of hydrogen-bond acceptors (Lipinski definition) is 5. The quantitative estimate of drug-likeness (QED) is 0.707. The van der Waals surface area contributed by atoms with Crippen LogP contribution >= 0.6 is 11.8 Å². The molecule has 0 fully saturated rings. The summed E-state index contributed by atoms with van der Waals surface area (Å²) in [6.07, 6.45) is -5.22. The highest BCUT2D eigenvalue weighted by molar-refractivity contribution is 7.99. The lowest BCUT2D eigenvalue weighted by molar-refractivity contribution is -0.137. The number of ether oxygens (including phenoxy) is 1. The molecule has 1 aromatic heterocycles. The third kappa shape index (κ3) is 3.95. The molecule has 1 unspecified atom stereocenters. The lowest BCUT2D eigenvalue weighted by Crippen LogP contribution is -2.23. The van der Waals surface area contributed by atoms with E-state index in [2.05, 4.69) is 4.98 Å². The number of methoxy groups -OCH3 is 1. The third-order valence-electron chi connectivity index (χ3n) is 3.10. The smallest absolute Gasteiger partial charge is 0.394 e. The number of aromatic nitrogens is 2. The van der Waals surface area contributed by atoms with E-state index in [-0.39, 0.29) is 28.2 Å². The number of aliphatic hydroxyl groups excluding tert-OH is 1. The van der Waals surface area contributed by atoms with Crippen LogP contribution in [0.25, 0.3) is 10.9 Å². The normalized spacial score (nSPS) is 13.4. The number of fused-ring (bicyclic) bond motifs is 1. The molecule has 0 spiro atoms. The van der Waals surface area contributed by atoms with Gasteiger partial charge >= 0.3 is 11.9 Å². The second kappa shape index (κ2) is 6.77. The van der Waals surface area contributed by atoms with E-state index < -0.39 is 29.1 Å². The van der Waals surface area contributed by atoms with Gasteiger partial charge < -0.3 is 14.8 Å². The van der Waals surface area contributed by atoms with Crippen LogP contribution in [0.4, 0.5) is 13.2 Å². The van der Waals surface area contributed by atoms with E-state index in [1.807, 2.05) is 4.98 Å². The highest BCUT2D eigenvalue weighted by atomic mass is 32.2. The fourth-order valence-corrected chi connectivity index (χ4v) is 3.02. The summed E-state index contributed by atoms with van der Waals surface area (Å²) >= 11 is 0.947. The first-order valence-corrected chi connectivity index (χ1v) is 7.38. The Labute approximate surface area is 131 Å². The minimum absolute atomic E-state index is 0.0181. The first-order valence-electron chi connectivity index (χ1n) is 6.40. The highest BCUT2D eigenvalue weighted by Gasteiger charge is 2.32. The van der Waals surface area contributed by atoms with Gasteiger partial charge in [0.1, 0.15) is 0 Å². The molecule has 0 saturated heterocycles. The SMILES string of the molecule is COC(CO)CSc1cc(C(F)(F)F)cc2c(=O)[nH]c(=O)[nH]c12. The summed E-state index contributed by atoms with van der Waals surface area (Å²) in [4.78, 5) is 27.5. The number of alkyl halides is 3. The molecule has 0 bridgehead atoms. The number of benzene rings is 1. The average Bonchev–Trinajstić information content (AvgIpc) is 2.47. The van der Waals surface area contributed by atoms with Gasteiger partial charge in [0.05, 0.1) is 29.2 Å². The van der Waals surface area contributed by atoms with Gasteiger partial charge in [-0.2, -0.15) is 13.2 Å². The van der Waals surface area contributed by atoms with Crippen LogP contribution in [0.1, 0.15) is 5.56 Å². The molecule has 1 atom stereocenters. The number of halogens is 3. The van der Waals surface area contributed by atoms with Gasteiger partial charge in [-0.3, -0.25) is 9.78 Å². The monoisotopic (exact) mass is 350 g/mol. The van der Waals surface area contributed by atoms with Crippen molar-refractivity contribution in [2.75, 3.05) is 19.5 Å². The zero-order valence-corrected chi connectivity index (χ0v) is 12.7. The van der Waals surface area contributed by atoms with Crippen molar-refractivity contribution in [3.8, 4) is 0 Å². The van der Waals surface area contributed by atoms with Crippen molar-refractivity contribution in [3.05, 3.63) is 38.5 Å². The van der Waals surface area contributed by atoms with Crippen molar-refractivity contribution < 1.29 is 23.0 Å². The molecule has 126 valence electrons. The van der Waals surface area contributed by atoms with Crippen LogP contribution in [-0.4, -0.2) is 40.6 Å². The topological polar surface area (TPSA) is 95.2 Å². The molecular weight excluding hydrogens is 337 g/mol.